The van der Waals surface area contributed by atoms with Crippen molar-refractivity contribution in [3.05, 3.63) is 22.4 Å². The van der Waals surface area contributed by atoms with Crippen LogP contribution in [0, 0.1) is 5.92 Å². The highest BCUT2D eigenvalue weighted by Crippen LogP contribution is 2.12. The average molecular weight is 287 g/mol. The Morgan fingerprint density at radius 2 is 2.25 bits per heavy atom. The molecule has 1 amide bonds. The lowest BCUT2D eigenvalue weighted by Gasteiger charge is -2.16. The number of amides is 1. The number of nitrogens with one attached hydrogen (secondary N) is 2. The van der Waals surface area contributed by atoms with Gasteiger partial charge >= 0.3 is 0 Å². The number of halogens is 1. The van der Waals surface area contributed by atoms with Crippen molar-refractivity contribution in [2.45, 2.75) is 39.7 Å². The summed E-state index contributed by atoms with van der Waals surface area (Å²) in [4.78, 5) is 14.7. The van der Waals surface area contributed by atoms with E-state index in [0.717, 1.165) is 17.3 Å². The Morgan fingerprint density at radius 1 is 1.56 bits per heavy atom. The molecule has 0 saturated carbocycles. The Bertz CT molecular complexity index is 349. The number of hydrogen-bond donors (Lipinski definition) is 2. The van der Waals surface area contributed by atoms with Gasteiger partial charge in [-0.1, -0.05) is 20.3 Å². The van der Waals surface area contributed by atoms with Crippen molar-refractivity contribution in [3.63, 3.8) is 0 Å². The smallest absolute Gasteiger partial charge is 0.267 e. The van der Waals surface area contributed by atoms with Crippen LogP contribution in [0.3, 0.4) is 0 Å². The third-order valence-electron chi connectivity index (χ3n) is 2.72. The minimum atomic E-state index is -0.0403. The van der Waals surface area contributed by atoms with E-state index < -0.39 is 0 Å². The summed E-state index contributed by atoms with van der Waals surface area (Å²) in [6.45, 7) is 6.41. The van der Waals surface area contributed by atoms with Crippen LogP contribution >= 0.6 is 15.9 Å². The van der Waals surface area contributed by atoms with E-state index in [1.807, 2.05) is 6.92 Å². The summed E-state index contributed by atoms with van der Waals surface area (Å²) in [6, 6.07) is 2.00. The third kappa shape index (κ3) is 4.00. The highest BCUT2D eigenvalue weighted by atomic mass is 79.9. The van der Waals surface area contributed by atoms with Gasteiger partial charge in [0, 0.05) is 16.7 Å². The molecule has 0 saturated heterocycles. The first-order chi connectivity index (χ1) is 7.52. The van der Waals surface area contributed by atoms with E-state index >= 15 is 0 Å². The summed E-state index contributed by atoms with van der Waals surface area (Å²) in [7, 11) is 0. The van der Waals surface area contributed by atoms with Crippen LogP contribution in [-0.2, 0) is 0 Å². The molecule has 0 spiro atoms. The van der Waals surface area contributed by atoms with Gasteiger partial charge in [-0.2, -0.15) is 0 Å². The Labute approximate surface area is 105 Å². The van der Waals surface area contributed by atoms with Crippen LogP contribution in [0.5, 0.6) is 0 Å². The molecular weight excluding hydrogens is 268 g/mol. The SMILES string of the molecule is CCC(C)CC(C)NC(=O)c1cc(Br)c[nH]1. The molecular formula is C12H19BrN2O. The highest BCUT2D eigenvalue weighted by molar-refractivity contribution is 9.10. The highest BCUT2D eigenvalue weighted by Gasteiger charge is 2.13. The molecule has 1 aromatic heterocycles. The summed E-state index contributed by atoms with van der Waals surface area (Å²) in [5, 5.41) is 2.98. The minimum Gasteiger partial charge on any atom is -0.356 e. The Kier molecular flexibility index (Phi) is 5.06. The fourth-order valence-electron chi connectivity index (χ4n) is 1.63. The molecule has 1 rings (SSSR count). The topological polar surface area (TPSA) is 44.9 Å². The van der Waals surface area contributed by atoms with Gasteiger partial charge in [-0.25, -0.2) is 0 Å². The van der Waals surface area contributed by atoms with Gasteiger partial charge in [0.15, 0.2) is 0 Å². The van der Waals surface area contributed by atoms with Crippen LogP contribution in [0.2, 0.25) is 0 Å². The second kappa shape index (κ2) is 6.09. The fraction of sp³-hybridized carbons (Fsp3) is 0.583. The molecule has 2 atom stereocenters. The molecule has 3 nitrogen and oxygen atoms in total. The van der Waals surface area contributed by atoms with E-state index in [9.17, 15) is 4.79 Å². The molecule has 0 aliphatic carbocycles. The third-order valence-corrected chi connectivity index (χ3v) is 3.18. The van der Waals surface area contributed by atoms with Crippen LogP contribution in [0.15, 0.2) is 16.7 Å². The van der Waals surface area contributed by atoms with Gasteiger partial charge < -0.3 is 10.3 Å². The number of aromatic amines is 1. The molecule has 0 radical (unpaired) electrons. The molecule has 0 aliphatic rings. The van der Waals surface area contributed by atoms with Gasteiger partial charge in [-0.05, 0) is 41.3 Å². The largest absolute Gasteiger partial charge is 0.356 e. The number of aromatic nitrogens is 1. The summed E-state index contributed by atoms with van der Waals surface area (Å²) in [6.07, 6.45) is 3.92. The lowest BCUT2D eigenvalue weighted by atomic mass is 10.0. The van der Waals surface area contributed by atoms with E-state index in [0.29, 0.717) is 11.6 Å². The van der Waals surface area contributed by atoms with E-state index in [1.54, 1.807) is 12.3 Å². The number of H-pyrrole nitrogens is 1. The number of hydrogen-bond acceptors (Lipinski definition) is 1. The Hall–Kier alpha value is -0.770. The van der Waals surface area contributed by atoms with Crippen molar-refractivity contribution in [1.82, 2.24) is 10.3 Å². The van der Waals surface area contributed by atoms with Crippen LogP contribution < -0.4 is 5.32 Å². The van der Waals surface area contributed by atoms with Gasteiger partial charge in [0.05, 0.1) is 0 Å². The monoisotopic (exact) mass is 286 g/mol. The van der Waals surface area contributed by atoms with E-state index in [4.69, 9.17) is 0 Å². The van der Waals surface area contributed by atoms with Gasteiger partial charge in [-0.15, -0.1) is 0 Å². The molecule has 0 fully saturated rings. The van der Waals surface area contributed by atoms with Crippen molar-refractivity contribution in [2.75, 3.05) is 0 Å². The van der Waals surface area contributed by atoms with Gasteiger partial charge in [0.25, 0.3) is 5.91 Å². The van der Waals surface area contributed by atoms with Gasteiger partial charge in [0.2, 0.25) is 0 Å². The molecule has 0 bridgehead atoms. The predicted molar refractivity (Wildman–Crippen MR) is 69.5 cm³/mol. The maximum absolute atomic E-state index is 11.8. The molecule has 0 aliphatic heterocycles. The Morgan fingerprint density at radius 3 is 2.75 bits per heavy atom. The zero-order valence-corrected chi connectivity index (χ0v) is 11.6. The van der Waals surface area contributed by atoms with E-state index in [2.05, 4.69) is 40.1 Å². The standard InChI is InChI=1S/C12H19BrN2O/c1-4-8(2)5-9(3)15-12(16)11-6-10(13)7-14-11/h6-9,14H,4-5H2,1-3H3,(H,15,16). The van der Waals surface area contributed by atoms with E-state index in [-0.39, 0.29) is 11.9 Å². The summed E-state index contributed by atoms with van der Waals surface area (Å²) >= 11 is 3.31. The first-order valence-electron chi connectivity index (χ1n) is 5.67. The zero-order chi connectivity index (χ0) is 12.1. The zero-order valence-electron chi connectivity index (χ0n) is 10.0. The fourth-order valence-corrected chi connectivity index (χ4v) is 1.97. The second-order valence-corrected chi connectivity index (χ2v) is 5.27. The second-order valence-electron chi connectivity index (χ2n) is 4.36. The Balaban J connectivity index is 2.45. The maximum atomic E-state index is 11.8. The molecule has 1 aromatic rings. The predicted octanol–water partition coefficient (Wildman–Crippen LogP) is 3.33. The van der Waals surface area contributed by atoms with Gasteiger partial charge in [-0.3, -0.25) is 4.79 Å². The first-order valence-corrected chi connectivity index (χ1v) is 6.47. The lowest BCUT2D eigenvalue weighted by molar-refractivity contribution is 0.0931. The van der Waals surface area contributed by atoms with Crippen molar-refractivity contribution in [3.8, 4) is 0 Å². The normalized spacial score (nSPS) is 14.5. The molecule has 90 valence electrons. The number of rotatable bonds is 5. The minimum absolute atomic E-state index is 0.0403. The van der Waals surface area contributed by atoms with Crippen molar-refractivity contribution < 1.29 is 4.79 Å². The van der Waals surface area contributed by atoms with Crippen LogP contribution in [-0.4, -0.2) is 16.9 Å². The molecule has 4 heteroatoms. The van der Waals surface area contributed by atoms with Crippen LogP contribution in [0.4, 0.5) is 0 Å². The van der Waals surface area contributed by atoms with Gasteiger partial charge in [0.1, 0.15) is 5.69 Å². The summed E-state index contributed by atoms with van der Waals surface area (Å²) in [5.74, 6) is 0.604. The maximum Gasteiger partial charge on any atom is 0.267 e. The average Bonchev–Trinajstić information content (AvgIpc) is 2.64. The van der Waals surface area contributed by atoms with Crippen molar-refractivity contribution in [2.24, 2.45) is 5.92 Å². The van der Waals surface area contributed by atoms with Crippen LogP contribution in [0.25, 0.3) is 0 Å². The molecule has 1 heterocycles. The number of carbonyl (C=O) groups is 1. The summed E-state index contributed by atoms with van der Waals surface area (Å²) in [5.41, 5.74) is 0.600. The molecule has 2 unspecified atom stereocenters. The summed E-state index contributed by atoms with van der Waals surface area (Å²) < 4.78 is 0.896. The molecule has 16 heavy (non-hydrogen) atoms. The lowest BCUT2D eigenvalue weighted by Crippen LogP contribution is -2.33. The number of carbonyl (C=O) groups excluding carboxylic acids is 1. The molecule has 2 N–H and O–H groups in total. The molecule has 0 aromatic carbocycles. The van der Waals surface area contributed by atoms with Crippen molar-refractivity contribution >= 4 is 21.8 Å². The van der Waals surface area contributed by atoms with E-state index in [1.165, 1.54) is 0 Å². The van der Waals surface area contributed by atoms with Crippen LogP contribution in [0.1, 0.15) is 44.1 Å². The van der Waals surface area contributed by atoms with Crippen molar-refractivity contribution in [1.29, 1.82) is 0 Å². The quantitative estimate of drug-likeness (QED) is 0.857. The first kappa shape index (κ1) is 13.3.